The van der Waals surface area contributed by atoms with Gasteiger partial charge in [-0.15, -0.1) is 4.68 Å². The maximum Gasteiger partial charge on any atom is 0.312 e. The Kier molecular flexibility index (Phi) is 8.63. The van der Waals surface area contributed by atoms with Crippen molar-refractivity contribution in [3.8, 4) is 11.4 Å². The van der Waals surface area contributed by atoms with E-state index in [1.54, 1.807) is 4.68 Å². The van der Waals surface area contributed by atoms with Crippen LogP contribution in [0.3, 0.4) is 0 Å². The third kappa shape index (κ3) is 3.45. The van der Waals surface area contributed by atoms with Gasteiger partial charge in [-0.05, 0) is 31.2 Å². The molecule has 0 saturated heterocycles. The van der Waals surface area contributed by atoms with Crippen LogP contribution < -0.4 is 27.4 Å². The molecule has 0 aliphatic carbocycles. The molecule has 3 rings (SSSR count). The van der Waals surface area contributed by atoms with Crippen LogP contribution in [0.4, 0.5) is 0 Å². The summed E-state index contributed by atoms with van der Waals surface area (Å²) in [6.07, 6.45) is 0. The van der Waals surface area contributed by atoms with Gasteiger partial charge in [0.2, 0.25) is 0 Å². The molecule has 1 heterocycles. The van der Waals surface area contributed by atoms with Gasteiger partial charge in [-0.25, -0.2) is 4.57 Å². The van der Waals surface area contributed by atoms with Gasteiger partial charge in [-0.3, -0.25) is 5.84 Å². The van der Waals surface area contributed by atoms with Crippen LogP contribution in [0.15, 0.2) is 48.5 Å². The monoisotopic (exact) mass is 371 g/mol. The number of benzene rings is 2. The first kappa shape index (κ1) is 22.4. The fourth-order valence-corrected chi connectivity index (χ4v) is 2.38. The highest BCUT2D eigenvalue weighted by Crippen LogP contribution is 2.20. The molecule has 0 aliphatic rings. The van der Waals surface area contributed by atoms with E-state index < -0.39 is 0 Å². The number of fused-ring (bicyclic) bond motifs is 1. The second-order valence-corrected chi connectivity index (χ2v) is 4.61. The molecule has 122 valence electrons. The molecule has 0 fully saturated rings. The van der Waals surface area contributed by atoms with E-state index in [0.717, 1.165) is 22.4 Å². The van der Waals surface area contributed by atoms with Crippen molar-refractivity contribution in [1.29, 1.82) is 0 Å². The van der Waals surface area contributed by atoms with E-state index in [0.29, 0.717) is 0 Å². The third-order valence-corrected chi connectivity index (χ3v) is 3.36. The number of halogens is 1. The molecule has 0 saturated carbocycles. The summed E-state index contributed by atoms with van der Waals surface area (Å²) in [5, 5.41) is 0. The summed E-state index contributed by atoms with van der Waals surface area (Å²) in [6, 6.07) is 16.6. The Morgan fingerprint density at radius 2 is 1.45 bits per heavy atom. The molecule has 0 spiro atoms. The van der Waals surface area contributed by atoms with Crippen LogP contribution in [-0.4, -0.2) is 21.1 Å². The zero-order chi connectivity index (χ0) is 12.7. The second-order valence-electron chi connectivity index (χ2n) is 4.61. The number of hydrogen-bond acceptors (Lipinski definition) is 1. The minimum Gasteiger partial charge on any atom is -1.00 e. The van der Waals surface area contributed by atoms with Crippen molar-refractivity contribution in [1.82, 2.24) is 4.68 Å². The Hall–Kier alpha value is -1.93. The Labute approximate surface area is 139 Å². The predicted molar refractivity (Wildman–Crippen MR) is 84.3 cm³/mol. The summed E-state index contributed by atoms with van der Waals surface area (Å²) in [5.74, 6) is 7.22. The van der Waals surface area contributed by atoms with Gasteiger partial charge >= 0.3 is 5.82 Å². The summed E-state index contributed by atoms with van der Waals surface area (Å²) in [4.78, 5) is 0. The maximum atomic E-state index is 6.21. The van der Waals surface area contributed by atoms with Crippen molar-refractivity contribution in [2.45, 2.75) is 6.92 Å². The lowest BCUT2D eigenvalue weighted by atomic mass is 10.1. The fourth-order valence-electron chi connectivity index (χ4n) is 2.38. The van der Waals surface area contributed by atoms with Gasteiger partial charge in [0.1, 0.15) is 0 Å². The summed E-state index contributed by atoms with van der Waals surface area (Å²) in [6.45, 7) is 2.09. The molecule has 0 bridgehead atoms. The van der Waals surface area contributed by atoms with Crippen LogP contribution in [0.25, 0.3) is 22.4 Å². The Morgan fingerprint density at radius 3 is 2.00 bits per heavy atom. The van der Waals surface area contributed by atoms with Crippen molar-refractivity contribution in [2.75, 3.05) is 5.84 Å². The van der Waals surface area contributed by atoms with Gasteiger partial charge in [0.05, 0.1) is 12.6 Å². The van der Waals surface area contributed by atoms with E-state index in [9.17, 15) is 0 Å². The lowest BCUT2D eigenvalue weighted by molar-refractivity contribution is -0.633. The first-order valence-corrected chi connectivity index (χ1v) is 6.00. The quantitative estimate of drug-likeness (QED) is 0.348. The zero-order valence-corrected chi connectivity index (χ0v) is 14.1. The molecule has 8 N–H and O–H groups in total. The van der Waals surface area contributed by atoms with Crippen molar-refractivity contribution in [3.05, 3.63) is 54.1 Å². The smallest absolute Gasteiger partial charge is 0.312 e. The zero-order valence-electron chi connectivity index (χ0n) is 12.5. The van der Waals surface area contributed by atoms with Gasteiger partial charge in [-0.2, -0.15) is 0 Å². The van der Waals surface area contributed by atoms with Crippen LogP contribution in [0.1, 0.15) is 5.56 Å². The lowest BCUT2D eigenvalue weighted by Gasteiger charge is -1.99. The molecule has 0 radical (unpaired) electrons. The Balaban J connectivity index is 0. The molecule has 0 atom stereocenters. The topological polar surface area (TPSA) is 129 Å². The number of aromatic nitrogens is 2. The van der Waals surface area contributed by atoms with E-state index >= 15 is 0 Å². The molecular formula is C15H22BrN3O3. The highest BCUT2D eigenvalue weighted by molar-refractivity contribution is 5.76. The minimum absolute atomic E-state index is 0. The number of hydrogen-bond donors (Lipinski definition) is 1. The van der Waals surface area contributed by atoms with E-state index in [-0.39, 0.29) is 33.4 Å². The van der Waals surface area contributed by atoms with Crippen LogP contribution in [-0.2, 0) is 7.05 Å². The predicted octanol–water partition coefficient (Wildman–Crippen LogP) is -3.32. The molecule has 7 heteroatoms. The number of nitrogen functional groups attached to an aromatic ring is 1. The molecule has 0 unspecified atom stereocenters. The van der Waals surface area contributed by atoms with Crippen LogP contribution in [0.2, 0.25) is 0 Å². The highest BCUT2D eigenvalue weighted by Gasteiger charge is 2.21. The molecular weight excluding hydrogens is 350 g/mol. The first-order valence-electron chi connectivity index (χ1n) is 6.00. The largest absolute Gasteiger partial charge is 1.00 e. The SMILES string of the molecule is Cc1ccc(-c2n(N)c3ccccc3[n+]2C)cc1.O.O.O.[Br-]. The van der Waals surface area contributed by atoms with Crippen molar-refractivity contribution < 1.29 is 38.0 Å². The Bertz CT molecular complexity index is 688. The average Bonchev–Trinajstić information content (AvgIpc) is 2.64. The highest BCUT2D eigenvalue weighted by atomic mass is 79.9. The number of para-hydroxylation sites is 2. The maximum absolute atomic E-state index is 6.21. The van der Waals surface area contributed by atoms with Crippen molar-refractivity contribution in [2.24, 2.45) is 7.05 Å². The normalized spacial score (nSPS) is 9.00. The van der Waals surface area contributed by atoms with Crippen molar-refractivity contribution in [3.63, 3.8) is 0 Å². The number of nitrogens with zero attached hydrogens (tertiary/aromatic N) is 2. The molecule has 3 aromatic rings. The molecule has 1 aromatic heterocycles. The summed E-state index contributed by atoms with van der Waals surface area (Å²) in [7, 11) is 2.04. The van der Waals surface area contributed by atoms with Gasteiger partial charge < -0.3 is 33.4 Å². The summed E-state index contributed by atoms with van der Waals surface area (Å²) >= 11 is 0. The number of nitrogens with two attached hydrogens (primary N) is 1. The summed E-state index contributed by atoms with van der Waals surface area (Å²) < 4.78 is 3.88. The lowest BCUT2D eigenvalue weighted by Crippen LogP contribution is -3.00. The van der Waals surface area contributed by atoms with Gasteiger partial charge in [0.25, 0.3) is 0 Å². The number of aryl methyl sites for hydroxylation is 2. The fraction of sp³-hybridized carbons (Fsp3) is 0.133. The molecule has 0 amide bonds. The summed E-state index contributed by atoms with van der Waals surface area (Å²) in [5.41, 5.74) is 4.55. The van der Waals surface area contributed by atoms with Crippen LogP contribution in [0, 0.1) is 6.92 Å². The van der Waals surface area contributed by atoms with Crippen molar-refractivity contribution >= 4 is 11.0 Å². The van der Waals surface area contributed by atoms with E-state index in [4.69, 9.17) is 5.84 Å². The van der Waals surface area contributed by atoms with Gasteiger partial charge in [0, 0.05) is 0 Å². The molecule has 0 aliphatic heterocycles. The van der Waals surface area contributed by atoms with E-state index in [1.807, 2.05) is 25.2 Å². The minimum atomic E-state index is 0. The van der Waals surface area contributed by atoms with Gasteiger partial charge in [0.15, 0.2) is 11.0 Å². The molecule has 22 heavy (non-hydrogen) atoms. The Morgan fingerprint density at radius 1 is 0.909 bits per heavy atom. The molecule has 6 nitrogen and oxygen atoms in total. The van der Waals surface area contributed by atoms with Crippen LogP contribution >= 0.6 is 0 Å². The van der Waals surface area contributed by atoms with E-state index in [2.05, 4.69) is 41.8 Å². The van der Waals surface area contributed by atoms with E-state index in [1.165, 1.54) is 5.56 Å². The first-order chi connectivity index (χ1) is 8.68. The standard InChI is InChI=1S/C15H16N3.BrH.3H2O/c1-11-7-9-12(10-8-11)15-17(2)13-5-3-4-6-14(13)18(15)16;;;;/h3-10H,16H2,1-2H3;1H;3*1H2/q+1;;;;/p-1. The van der Waals surface area contributed by atoms with Crippen LogP contribution in [0.5, 0.6) is 0 Å². The third-order valence-electron chi connectivity index (χ3n) is 3.36. The second kappa shape index (κ2) is 8.50. The number of rotatable bonds is 1. The molecule has 2 aromatic carbocycles. The number of imidazole rings is 1. The average molecular weight is 372 g/mol. The van der Waals surface area contributed by atoms with Gasteiger partial charge in [-0.1, -0.05) is 29.8 Å².